The summed E-state index contributed by atoms with van der Waals surface area (Å²) < 4.78 is 0. The molecule has 4 nitrogen and oxygen atoms in total. The Morgan fingerprint density at radius 3 is 1.95 bits per heavy atom. The highest BCUT2D eigenvalue weighted by Gasteiger charge is 2.32. The lowest BCUT2D eigenvalue weighted by atomic mass is 9.84. The van der Waals surface area contributed by atoms with Gasteiger partial charge in [0.15, 0.2) is 0 Å². The molecule has 0 radical (unpaired) electrons. The molecule has 0 aromatic rings. The van der Waals surface area contributed by atoms with Gasteiger partial charge in [0, 0.05) is 38.5 Å². The van der Waals surface area contributed by atoms with Crippen LogP contribution in [0.5, 0.6) is 0 Å². The van der Waals surface area contributed by atoms with E-state index in [4.69, 9.17) is 0 Å². The second kappa shape index (κ2) is 5.51. The van der Waals surface area contributed by atoms with Crippen molar-refractivity contribution in [2.75, 3.05) is 26.2 Å². The van der Waals surface area contributed by atoms with E-state index in [1.54, 1.807) is 0 Å². The van der Waals surface area contributed by atoms with Crippen molar-refractivity contribution >= 4 is 11.8 Å². The van der Waals surface area contributed by atoms with Crippen molar-refractivity contribution in [3.8, 4) is 0 Å². The fourth-order valence-corrected chi connectivity index (χ4v) is 2.66. The minimum absolute atomic E-state index is 0.0377. The van der Waals surface area contributed by atoms with Gasteiger partial charge in [-0.1, -0.05) is 27.2 Å². The number of carbonyl (C=O) groups excluding carboxylic acids is 2. The number of amides is 2. The Morgan fingerprint density at radius 1 is 1.00 bits per heavy atom. The van der Waals surface area contributed by atoms with Crippen molar-refractivity contribution in [3.63, 3.8) is 0 Å². The summed E-state index contributed by atoms with van der Waals surface area (Å²) >= 11 is 0. The summed E-state index contributed by atoms with van der Waals surface area (Å²) in [6.45, 7) is 9.08. The van der Waals surface area contributed by atoms with Gasteiger partial charge in [-0.15, -0.1) is 0 Å². The zero-order chi connectivity index (χ0) is 14.0. The molecule has 0 aromatic heterocycles. The van der Waals surface area contributed by atoms with E-state index < -0.39 is 0 Å². The van der Waals surface area contributed by atoms with Crippen molar-refractivity contribution < 1.29 is 9.59 Å². The molecule has 0 aromatic carbocycles. The van der Waals surface area contributed by atoms with Crippen molar-refractivity contribution in [2.45, 2.75) is 46.5 Å². The van der Waals surface area contributed by atoms with E-state index in [-0.39, 0.29) is 17.2 Å². The molecule has 1 saturated carbocycles. The van der Waals surface area contributed by atoms with Crippen LogP contribution in [-0.4, -0.2) is 47.8 Å². The van der Waals surface area contributed by atoms with E-state index in [0.29, 0.717) is 38.5 Å². The fraction of sp³-hybridized carbons (Fsp3) is 0.867. The monoisotopic (exact) mass is 266 g/mol. The molecule has 0 unspecified atom stereocenters. The average molecular weight is 266 g/mol. The highest BCUT2D eigenvalue weighted by molar-refractivity contribution is 5.80. The summed E-state index contributed by atoms with van der Waals surface area (Å²) in [5.74, 6) is 0.814. The van der Waals surface area contributed by atoms with E-state index >= 15 is 0 Å². The molecular weight excluding hydrogens is 240 g/mol. The molecule has 4 heteroatoms. The molecule has 2 rings (SSSR count). The molecule has 0 N–H and O–H groups in total. The smallest absolute Gasteiger partial charge is 0.225 e. The van der Waals surface area contributed by atoms with Crippen LogP contribution >= 0.6 is 0 Å². The SMILES string of the molecule is CC(C)(C)CC(=O)N1CCN(C(=O)C2CCC2)CC1. The molecule has 0 atom stereocenters. The first kappa shape index (κ1) is 14.4. The number of carbonyl (C=O) groups is 2. The van der Waals surface area contributed by atoms with E-state index in [1.165, 1.54) is 6.42 Å². The van der Waals surface area contributed by atoms with Crippen LogP contribution in [0.25, 0.3) is 0 Å². The minimum Gasteiger partial charge on any atom is -0.339 e. The summed E-state index contributed by atoms with van der Waals surface area (Å²) in [5, 5.41) is 0. The second-order valence-electron chi connectivity index (χ2n) is 7.07. The largest absolute Gasteiger partial charge is 0.339 e. The van der Waals surface area contributed by atoms with Crippen LogP contribution < -0.4 is 0 Å². The molecule has 1 aliphatic heterocycles. The van der Waals surface area contributed by atoms with E-state index in [9.17, 15) is 9.59 Å². The van der Waals surface area contributed by atoms with Gasteiger partial charge >= 0.3 is 0 Å². The van der Waals surface area contributed by atoms with Crippen LogP contribution in [0.2, 0.25) is 0 Å². The topological polar surface area (TPSA) is 40.6 Å². The van der Waals surface area contributed by atoms with Gasteiger partial charge in [-0.25, -0.2) is 0 Å². The predicted molar refractivity (Wildman–Crippen MR) is 74.6 cm³/mol. The molecule has 1 saturated heterocycles. The third-order valence-corrected chi connectivity index (χ3v) is 4.08. The molecule has 2 amide bonds. The molecule has 19 heavy (non-hydrogen) atoms. The van der Waals surface area contributed by atoms with Crippen molar-refractivity contribution in [1.82, 2.24) is 9.80 Å². The lowest BCUT2D eigenvalue weighted by Crippen LogP contribution is -2.52. The van der Waals surface area contributed by atoms with Gasteiger partial charge < -0.3 is 9.80 Å². The first-order valence-corrected chi connectivity index (χ1v) is 7.43. The molecular formula is C15H26N2O2. The summed E-state index contributed by atoms with van der Waals surface area (Å²) in [4.78, 5) is 28.1. The third kappa shape index (κ3) is 3.71. The fourth-order valence-electron chi connectivity index (χ4n) is 2.66. The molecule has 108 valence electrons. The Labute approximate surface area is 116 Å². The Balaban J connectivity index is 1.78. The molecule has 1 heterocycles. The van der Waals surface area contributed by atoms with Gasteiger partial charge in [-0.3, -0.25) is 9.59 Å². The summed E-state index contributed by atoms with van der Waals surface area (Å²) in [6.07, 6.45) is 3.90. The quantitative estimate of drug-likeness (QED) is 0.766. The Morgan fingerprint density at radius 2 is 1.53 bits per heavy atom. The number of nitrogens with zero attached hydrogens (tertiary/aromatic N) is 2. The maximum absolute atomic E-state index is 12.1. The number of hydrogen-bond donors (Lipinski definition) is 0. The Hall–Kier alpha value is -1.06. The summed E-state index contributed by atoms with van der Waals surface area (Å²) in [7, 11) is 0. The van der Waals surface area contributed by atoms with E-state index in [0.717, 1.165) is 12.8 Å². The number of piperazine rings is 1. The maximum Gasteiger partial charge on any atom is 0.225 e. The number of rotatable bonds is 2. The molecule has 0 bridgehead atoms. The van der Waals surface area contributed by atoms with E-state index in [2.05, 4.69) is 20.8 Å². The first-order valence-electron chi connectivity index (χ1n) is 7.43. The Bertz CT molecular complexity index is 348. The molecule has 2 aliphatic rings. The lowest BCUT2D eigenvalue weighted by Gasteiger charge is -2.38. The molecule has 2 fully saturated rings. The van der Waals surface area contributed by atoms with E-state index in [1.807, 2.05) is 9.80 Å². The van der Waals surface area contributed by atoms with Crippen LogP contribution in [0.15, 0.2) is 0 Å². The highest BCUT2D eigenvalue weighted by atomic mass is 16.2. The predicted octanol–water partition coefficient (Wildman–Crippen LogP) is 1.89. The third-order valence-electron chi connectivity index (χ3n) is 4.08. The molecule has 0 spiro atoms. The van der Waals surface area contributed by atoms with Crippen molar-refractivity contribution in [2.24, 2.45) is 11.3 Å². The van der Waals surface area contributed by atoms with Gasteiger partial charge in [-0.2, -0.15) is 0 Å². The van der Waals surface area contributed by atoms with Crippen LogP contribution in [0.4, 0.5) is 0 Å². The zero-order valence-corrected chi connectivity index (χ0v) is 12.4. The van der Waals surface area contributed by atoms with Gasteiger partial charge in [-0.05, 0) is 18.3 Å². The minimum atomic E-state index is 0.0377. The lowest BCUT2D eigenvalue weighted by molar-refractivity contribution is -0.144. The average Bonchev–Trinajstić information content (AvgIpc) is 2.24. The van der Waals surface area contributed by atoms with Crippen molar-refractivity contribution in [1.29, 1.82) is 0 Å². The first-order chi connectivity index (χ1) is 8.87. The summed E-state index contributed by atoms with van der Waals surface area (Å²) in [6, 6.07) is 0. The standard InChI is InChI=1S/C15H26N2O2/c1-15(2,3)11-13(18)16-7-9-17(10-8-16)14(19)12-5-4-6-12/h12H,4-11H2,1-3H3. The zero-order valence-electron chi connectivity index (χ0n) is 12.4. The van der Waals surface area contributed by atoms with Crippen LogP contribution in [0.1, 0.15) is 46.5 Å². The maximum atomic E-state index is 12.1. The van der Waals surface area contributed by atoms with Gasteiger partial charge in [0.2, 0.25) is 11.8 Å². The highest BCUT2D eigenvalue weighted by Crippen LogP contribution is 2.28. The normalized spacial score (nSPS) is 21.2. The van der Waals surface area contributed by atoms with Crippen LogP contribution in [0.3, 0.4) is 0 Å². The van der Waals surface area contributed by atoms with Crippen LogP contribution in [-0.2, 0) is 9.59 Å². The second-order valence-corrected chi connectivity index (χ2v) is 7.07. The van der Waals surface area contributed by atoms with Gasteiger partial charge in [0.25, 0.3) is 0 Å². The number of hydrogen-bond acceptors (Lipinski definition) is 2. The van der Waals surface area contributed by atoms with Crippen molar-refractivity contribution in [3.05, 3.63) is 0 Å². The van der Waals surface area contributed by atoms with Crippen LogP contribution in [0, 0.1) is 11.3 Å². The Kier molecular flexibility index (Phi) is 4.16. The van der Waals surface area contributed by atoms with Gasteiger partial charge in [0.05, 0.1) is 0 Å². The van der Waals surface area contributed by atoms with Gasteiger partial charge in [0.1, 0.15) is 0 Å². The molecule has 1 aliphatic carbocycles. The summed E-state index contributed by atoms with van der Waals surface area (Å²) in [5.41, 5.74) is 0.0377.